The van der Waals surface area contributed by atoms with Gasteiger partial charge in [0.05, 0.1) is 5.69 Å². The zero-order valence-corrected chi connectivity index (χ0v) is 12.2. The lowest BCUT2D eigenvalue weighted by molar-refractivity contribution is 0.221. The van der Waals surface area contributed by atoms with E-state index in [0.717, 1.165) is 22.6 Å². The highest BCUT2D eigenvalue weighted by Crippen LogP contribution is 2.37. The normalized spacial score (nSPS) is 16.7. The van der Waals surface area contributed by atoms with E-state index in [0.29, 0.717) is 17.4 Å². The van der Waals surface area contributed by atoms with Crippen LogP contribution in [0.1, 0.15) is 23.1 Å². The Morgan fingerprint density at radius 1 is 1.33 bits per heavy atom. The molecule has 21 heavy (non-hydrogen) atoms. The molecule has 1 unspecified atom stereocenters. The average Bonchev–Trinajstić information content (AvgIpc) is 3.18. The van der Waals surface area contributed by atoms with Gasteiger partial charge in [-0.05, 0) is 29.5 Å². The maximum absolute atomic E-state index is 6.02. The molecular formula is C15H13N3O2S. The van der Waals surface area contributed by atoms with Crippen LogP contribution in [-0.4, -0.2) is 10.1 Å². The summed E-state index contributed by atoms with van der Waals surface area (Å²) in [5.74, 6) is 1.91. The van der Waals surface area contributed by atoms with Crippen molar-refractivity contribution in [2.75, 3.05) is 5.73 Å². The number of para-hydroxylation sites is 1. The fourth-order valence-corrected chi connectivity index (χ4v) is 3.30. The molecule has 3 heterocycles. The van der Waals surface area contributed by atoms with E-state index in [1.54, 1.807) is 0 Å². The molecule has 3 aromatic rings. The Kier molecular flexibility index (Phi) is 2.71. The lowest BCUT2D eigenvalue weighted by Gasteiger charge is -2.04. The molecule has 0 spiro atoms. The molecule has 1 atom stereocenters. The summed E-state index contributed by atoms with van der Waals surface area (Å²) in [6.07, 6.45) is 0.566. The molecule has 0 saturated carbocycles. The molecule has 0 radical (unpaired) electrons. The Balaban J connectivity index is 1.63. The van der Waals surface area contributed by atoms with Gasteiger partial charge < -0.3 is 15.0 Å². The highest BCUT2D eigenvalue weighted by molar-refractivity contribution is 7.14. The molecule has 0 fully saturated rings. The van der Waals surface area contributed by atoms with Gasteiger partial charge in [0.1, 0.15) is 10.6 Å². The third-order valence-electron chi connectivity index (χ3n) is 3.59. The number of nitrogens with zero attached hydrogens (tertiary/aromatic N) is 2. The third kappa shape index (κ3) is 1.99. The summed E-state index contributed by atoms with van der Waals surface area (Å²) in [7, 11) is 0. The standard InChI is InChI=1S/C15H13N3O2S/c1-8-7-21-13(12(8)16)15-17-14(18-20-15)11-6-9-4-2-3-5-10(9)19-11/h2-5,7,11H,6,16H2,1H3. The van der Waals surface area contributed by atoms with Crippen molar-refractivity contribution in [3.63, 3.8) is 0 Å². The summed E-state index contributed by atoms with van der Waals surface area (Å²) in [5.41, 5.74) is 8.91. The van der Waals surface area contributed by atoms with E-state index < -0.39 is 0 Å². The molecule has 106 valence electrons. The summed E-state index contributed by atoms with van der Waals surface area (Å²) in [6.45, 7) is 1.96. The number of anilines is 1. The van der Waals surface area contributed by atoms with Crippen molar-refractivity contribution in [3.05, 3.63) is 46.6 Å². The van der Waals surface area contributed by atoms with Crippen molar-refractivity contribution in [2.24, 2.45) is 0 Å². The van der Waals surface area contributed by atoms with Gasteiger partial charge in [0, 0.05) is 6.42 Å². The number of aryl methyl sites for hydroxylation is 1. The van der Waals surface area contributed by atoms with E-state index in [9.17, 15) is 0 Å². The first kappa shape index (κ1) is 12.4. The van der Waals surface area contributed by atoms with E-state index in [4.69, 9.17) is 15.0 Å². The van der Waals surface area contributed by atoms with Crippen molar-refractivity contribution >= 4 is 17.0 Å². The summed E-state index contributed by atoms with van der Waals surface area (Å²) < 4.78 is 11.2. The van der Waals surface area contributed by atoms with E-state index >= 15 is 0 Å². The van der Waals surface area contributed by atoms with Crippen LogP contribution < -0.4 is 10.5 Å². The lowest BCUT2D eigenvalue weighted by Crippen LogP contribution is -2.05. The van der Waals surface area contributed by atoms with Crippen molar-refractivity contribution in [2.45, 2.75) is 19.4 Å². The summed E-state index contributed by atoms with van der Waals surface area (Å²) in [6, 6.07) is 7.97. The molecule has 1 aliphatic heterocycles. The Hall–Kier alpha value is -2.34. The summed E-state index contributed by atoms with van der Waals surface area (Å²) >= 11 is 1.51. The van der Waals surface area contributed by atoms with Crippen LogP contribution in [0.5, 0.6) is 5.75 Å². The zero-order valence-electron chi connectivity index (χ0n) is 11.4. The summed E-state index contributed by atoms with van der Waals surface area (Å²) in [5, 5.41) is 6.03. The molecule has 0 saturated heterocycles. The van der Waals surface area contributed by atoms with Gasteiger partial charge in [0.15, 0.2) is 6.10 Å². The van der Waals surface area contributed by atoms with Crippen LogP contribution in [-0.2, 0) is 6.42 Å². The smallest absolute Gasteiger partial charge is 0.270 e. The van der Waals surface area contributed by atoms with Gasteiger partial charge in [-0.3, -0.25) is 0 Å². The molecule has 2 aromatic heterocycles. The predicted octanol–water partition coefficient (Wildman–Crippen LogP) is 3.36. The number of hydrogen-bond acceptors (Lipinski definition) is 6. The van der Waals surface area contributed by atoms with Crippen LogP contribution >= 0.6 is 11.3 Å². The zero-order chi connectivity index (χ0) is 14.4. The van der Waals surface area contributed by atoms with Gasteiger partial charge in [-0.15, -0.1) is 11.3 Å². The average molecular weight is 299 g/mol. The van der Waals surface area contributed by atoms with Crippen LogP contribution in [0.25, 0.3) is 10.8 Å². The first-order valence-electron chi connectivity index (χ1n) is 6.64. The molecule has 0 amide bonds. The predicted molar refractivity (Wildman–Crippen MR) is 80.3 cm³/mol. The molecule has 0 bridgehead atoms. The van der Waals surface area contributed by atoms with Crippen molar-refractivity contribution in [1.82, 2.24) is 10.1 Å². The quantitative estimate of drug-likeness (QED) is 0.785. The highest BCUT2D eigenvalue weighted by Gasteiger charge is 2.29. The van der Waals surface area contributed by atoms with Crippen LogP contribution in [0.4, 0.5) is 5.69 Å². The summed E-state index contributed by atoms with van der Waals surface area (Å²) in [4.78, 5) is 5.27. The minimum atomic E-state index is -0.192. The van der Waals surface area contributed by atoms with Gasteiger partial charge in [0.25, 0.3) is 5.89 Å². The Morgan fingerprint density at radius 2 is 2.19 bits per heavy atom. The molecule has 4 rings (SSSR count). The SMILES string of the molecule is Cc1csc(-c2nc(C3Cc4ccccc4O3)no2)c1N. The van der Waals surface area contributed by atoms with Gasteiger partial charge in [0.2, 0.25) is 5.82 Å². The monoisotopic (exact) mass is 299 g/mol. The number of nitrogen functional groups attached to an aromatic ring is 1. The first-order chi connectivity index (χ1) is 10.2. The maximum Gasteiger partial charge on any atom is 0.270 e. The maximum atomic E-state index is 6.02. The molecular weight excluding hydrogens is 286 g/mol. The number of aromatic nitrogens is 2. The molecule has 2 N–H and O–H groups in total. The Labute approximate surface area is 125 Å². The Morgan fingerprint density at radius 3 is 2.95 bits per heavy atom. The highest BCUT2D eigenvalue weighted by atomic mass is 32.1. The van der Waals surface area contributed by atoms with Crippen LogP contribution in [0, 0.1) is 6.92 Å². The second-order valence-corrected chi connectivity index (χ2v) is 5.92. The molecule has 0 aliphatic carbocycles. The minimum Gasteiger partial charge on any atom is -0.482 e. The van der Waals surface area contributed by atoms with Crippen LogP contribution in [0.15, 0.2) is 34.2 Å². The number of thiophene rings is 1. The van der Waals surface area contributed by atoms with Crippen molar-refractivity contribution in [3.8, 4) is 16.5 Å². The Bertz CT molecular complexity index is 784. The van der Waals surface area contributed by atoms with Gasteiger partial charge >= 0.3 is 0 Å². The van der Waals surface area contributed by atoms with Gasteiger partial charge in [-0.2, -0.15) is 4.98 Å². The number of rotatable bonds is 2. The molecule has 5 nitrogen and oxygen atoms in total. The van der Waals surface area contributed by atoms with Gasteiger partial charge in [-0.25, -0.2) is 0 Å². The second-order valence-electron chi connectivity index (χ2n) is 5.04. The van der Waals surface area contributed by atoms with Crippen LogP contribution in [0.2, 0.25) is 0 Å². The van der Waals surface area contributed by atoms with E-state index in [1.807, 2.05) is 30.5 Å². The number of ether oxygens (including phenoxy) is 1. The fourth-order valence-electron chi connectivity index (χ4n) is 2.40. The van der Waals surface area contributed by atoms with E-state index in [-0.39, 0.29) is 6.10 Å². The van der Waals surface area contributed by atoms with Crippen molar-refractivity contribution in [1.29, 1.82) is 0 Å². The molecule has 1 aromatic carbocycles. The molecule has 1 aliphatic rings. The minimum absolute atomic E-state index is 0.192. The van der Waals surface area contributed by atoms with Gasteiger partial charge in [-0.1, -0.05) is 23.4 Å². The third-order valence-corrected chi connectivity index (χ3v) is 4.70. The van der Waals surface area contributed by atoms with E-state index in [2.05, 4.69) is 16.2 Å². The number of hydrogen-bond donors (Lipinski definition) is 1. The van der Waals surface area contributed by atoms with E-state index in [1.165, 1.54) is 16.9 Å². The second kappa shape index (κ2) is 4.60. The lowest BCUT2D eigenvalue weighted by atomic mass is 10.1. The first-order valence-corrected chi connectivity index (χ1v) is 7.52. The van der Waals surface area contributed by atoms with Crippen LogP contribution in [0.3, 0.4) is 0 Å². The fraction of sp³-hybridized carbons (Fsp3) is 0.200. The largest absolute Gasteiger partial charge is 0.482 e. The van der Waals surface area contributed by atoms with Crippen molar-refractivity contribution < 1.29 is 9.26 Å². The number of fused-ring (bicyclic) bond motifs is 1. The number of benzene rings is 1. The topological polar surface area (TPSA) is 74.2 Å². The number of nitrogens with two attached hydrogens (primary N) is 1. The molecule has 6 heteroatoms.